The van der Waals surface area contributed by atoms with Gasteiger partial charge in [-0.15, -0.1) is 0 Å². The second-order valence-electron chi connectivity index (χ2n) is 10.6. The van der Waals surface area contributed by atoms with Crippen LogP contribution in [0, 0.1) is 20.8 Å². The van der Waals surface area contributed by atoms with Gasteiger partial charge in [0.05, 0.1) is 11.2 Å². The molecule has 2 nitrogen and oxygen atoms in total. The Labute approximate surface area is 174 Å². The van der Waals surface area contributed by atoms with Crippen LogP contribution in [0.3, 0.4) is 0 Å². The topological polar surface area (TPSA) is 12.5 Å². The van der Waals surface area contributed by atoms with Crippen LogP contribution in [0.15, 0.2) is 36.4 Å². The van der Waals surface area contributed by atoms with Gasteiger partial charge in [0.25, 0.3) is 0 Å². The first kappa shape index (κ1) is 22.7. The molecule has 0 aromatic heterocycles. The molecule has 0 N–H and O–H groups in total. The zero-order chi connectivity index (χ0) is 21.5. The highest BCUT2D eigenvalue weighted by Gasteiger charge is 2.42. The van der Waals surface area contributed by atoms with Gasteiger partial charge in [0.15, 0.2) is 0 Å². The largest absolute Gasteiger partial charge is 0.319 e. The van der Waals surface area contributed by atoms with E-state index in [0.717, 1.165) is 5.69 Å². The van der Waals surface area contributed by atoms with Crippen LogP contribution in [0.25, 0.3) is 11.1 Å². The smallest absolute Gasteiger partial charge is 0.228 e. The average Bonchev–Trinajstić information content (AvgIpc) is 2.50. The first-order valence-electron chi connectivity index (χ1n) is 10.3. The standard InChI is InChI=1S/C25H39NOSi/c1-18-16-19(2)23(20(3)17-18)21-12-14-22(15-13-21)26(24(4,5)6)27-28(10,11)25(7,8)9/h12-17H,1-11H3. The van der Waals surface area contributed by atoms with E-state index >= 15 is 0 Å². The molecule has 2 rings (SSSR count). The number of hydrogen-bond acceptors (Lipinski definition) is 2. The molecule has 2 aromatic rings. The van der Waals surface area contributed by atoms with Crippen molar-refractivity contribution >= 4 is 14.0 Å². The third-order valence-electron chi connectivity index (χ3n) is 5.80. The summed E-state index contributed by atoms with van der Waals surface area (Å²) in [7, 11) is -1.94. The number of hydrogen-bond donors (Lipinski definition) is 0. The summed E-state index contributed by atoms with van der Waals surface area (Å²) >= 11 is 0. The van der Waals surface area contributed by atoms with Crippen LogP contribution in [-0.2, 0) is 4.53 Å². The van der Waals surface area contributed by atoms with E-state index in [1.165, 1.54) is 27.8 Å². The molecular weight excluding hydrogens is 358 g/mol. The highest BCUT2D eigenvalue weighted by Crippen LogP contribution is 2.40. The van der Waals surface area contributed by atoms with Gasteiger partial charge in [-0.1, -0.05) is 50.6 Å². The van der Waals surface area contributed by atoms with Crippen molar-refractivity contribution in [3.05, 3.63) is 53.1 Å². The summed E-state index contributed by atoms with van der Waals surface area (Å²) < 4.78 is 6.73. The lowest BCUT2D eigenvalue weighted by Gasteiger charge is -2.45. The van der Waals surface area contributed by atoms with Crippen LogP contribution >= 0.6 is 0 Å². The molecule has 3 heteroatoms. The molecule has 0 saturated carbocycles. The van der Waals surface area contributed by atoms with Gasteiger partial charge >= 0.3 is 0 Å². The minimum absolute atomic E-state index is 0.118. The number of rotatable bonds is 4. The number of nitrogens with zero attached hydrogens (tertiary/aromatic N) is 1. The predicted octanol–water partition coefficient (Wildman–Crippen LogP) is 7.82. The summed E-state index contributed by atoms with van der Waals surface area (Å²) in [6.07, 6.45) is 0. The van der Waals surface area contributed by atoms with Gasteiger partial charge < -0.3 is 4.53 Å². The van der Waals surface area contributed by atoms with Gasteiger partial charge in [0.2, 0.25) is 8.32 Å². The van der Waals surface area contributed by atoms with Crippen molar-refractivity contribution in [3.63, 3.8) is 0 Å². The third-order valence-corrected chi connectivity index (χ3v) is 10.1. The molecule has 0 amide bonds. The number of aryl methyl sites for hydroxylation is 3. The maximum Gasteiger partial charge on any atom is 0.228 e. The van der Waals surface area contributed by atoms with E-state index in [2.05, 4.69) is 117 Å². The molecule has 0 unspecified atom stereocenters. The van der Waals surface area contributed by atoms with Gasteiger partial charge in [-0.05, 0) is 94.1 Å². The van der Waals surface area contributed by atoms with Crippen molar-refractivity contribution in [1.82, 2.24) is 0 Å². The fraction of sp³-hybridized carbons (Fsp3) is 0.520. The Morgan fingerprint density at radius 1 is 0.786 bits per heavy atom. The molecule has 28 heavy (non-hydrogen) atoms. The van der Waals surface area contributed by atoms with Crippen LogP contribution in [0.5, 0.6) is 0 Å². The second kappa shape index (κ2) is 7.68. The number of anilines is 1. The molecule has 0 saturated heterocycles. The van der Waals surface area contributed by atoms with Gasteiger partial charge in [-0.3, -0.25) is 5.06 Å². The number of benzene rings is 2. The van der Waals surface area contributed by atoms with E-state index in [0.29, 0.717) is 0 Å². The van der Waals surface area contributed by atoms with Crippen LogP contribution in [0.4, 0.5) is 5.69 Å². The molecule has 154 valence electrons. The highest BCUT2D eigenvalue weighted by molar-refractivity contribution is 6.74. The summed E-state index contributed by atoms with van der Waals surface area (Å²) in [4.78, 5) is 0. The summed E-state index contributed by atoms with van der Waals surface area (Å²) in [6.45, 7) is 24.7. The molecule has 0 atom stereocenters. The Kier molecular flexibility index (Phi) is 6.23. The fourth-order valence-corrected chi connectivity index (χ4v) is 4.45. The first-order valence-corrected chi connectivity index (χ1v) is 13.2. The Morgan fingerprint density at radius 3 is 1.64 bits per heavy atom. The van der Waals surface area contributed by atoms with Crippen LogP contribution in [-0.4, -0.2) is 13.9 Å². The van der Waals surface area contributed by atoms with Gasteiger partial charge in [0, 0.05) is 0 Å². The second-order valence-corrected chi connectivity index (χ2v) is 15.3. The third kappa shape index (κ3) is 4.87. The normalized spacial score (nSPS) is 13.0. The molecule has 0 bridgehead atoms. The Balaban J connectivity index is 2.43. The maximum atomic E-state index is 6.73. The van der Waals surface area contributed by atoms with Crippen LogP contribution in [0.2, 0.25) is 18.1 Å². The fourth-order valence-electron chi connectivity index (χ4n) is 3.34. The van der Waals surface area contributed by atoms with Crippen molar-refractivity contribution in [3.8, 4) is 11.1 Å². The van der Waals surface area contributed by atoms with Crippen molar-refractivity contribution in [2.45, 2.75) is 86.0 Å². The molecule has 0 aliphatic carbocycles. The lowest BCUT2D eigenvalue weighted by Crippen LogP contribution is -2.52. The molecular formula is C25H39NOSi. The zero-order valence-electron chi connectivity index (χ0n) is 19.8. The summed E-state index contributed by atoms with van der Waals surface area (Å²) in [5.74, 6) is 0. The molecule has 0 spiro atoms. The van der Waals surface area contributed by atoms with Gasteiger partial charge in [0.1, 0.15) is 0 Å². The summed E-state index contributed by atoms with van der Waals surface area (Å²) in [5, 5.41) is 2.29. The zero-order valence-corrected chi connectivity index (χ0v) is 20.8. The summed E-state index contributed by atoms with van der Waals surface area (Å²) in [5.41, 5.74) is 7.57. The minimum atomic E-state index is -1.94. The van der Waals surface area contributed by atoms with Crippen molar-refractivity contribution in [2.24, 2.45) is 0 Å². The first-order chi connectivity index (χ1) is 12.6. The van der Waals surface area contributed by atoms with E-state index in [1.807, 2.05) is 0 Å². The molecule has 0 radical (unpaired) electrons. The molecule has 0 aliphatic rings. The highest BCUT2D eigenvalue weighted by atomic mass is 28.4. The van der Waals surface area contributed by atoms with E-state index < -0.39 is 8.32 Å². The van der Waals surface area contributed by atoms with Crippen molar-refractivity contribution < 1.29 is 4.53 Å². The molecule has 0 heterocycles. The monoisotopic (exact) mass is 397 g/mol. The Morgan fingerprint density at radius 2 is 1.25 bits per heavy atom. The molecule has 0 fully saturated rings. The van der Waals surface area contributed by atoms with Crippen molar-refractivity contribution in [1.29, 1.82) is 0 Å². The SMILES string of the molecule is Cc1cc(C)c(-c2ccc(N(O[Si](C)(C)C(C)(C)C)C(C)(C)C)cc2)c(C)c1. The van der Waals surface area contributed by atoms with E-state index in [4.69, 9.17) is 4.53 Å². The lowest BCUT2D eigenvalue weighted by molar-refractivity contribution is 0.185. The van der Waals surface area contributed by atoms with E-state index in [9.17, 15) is 0 Å². The number of hydroxylamine groups is 1. The quantitative estimate of drug-likeness (QED) is 0.385. The predicted molar refractivity (Wildman–Crippen MR) is 127 cm³/mol. The van der Waals surface area contributed by atoms with E-state index in [1.54, 1.807) is 0 Å². The maximum absolute atomic E-state index is 6.73. The average molecular weight is 398 g/mol. The van der Waals surface area contributed by atoms with E-state index in [-0.39, 0.29) is 10.6 Å². The minimum Gasteiger partial charge on any atom is -0.319 e. The van der Waals surface area contributed by atoms with Gasteiger partial charge in [-0.25, -0.2) is 0 Å². The lowest BCUT2D eigenvalue weighted by atomic mass is 9.93. The van der Waals surface area contributed by atoms with Crippen LogP contribution in [0.1, 0.15) is 58.2 Å². The summed E-state index contributed by atoms with van der Waals surface area (Å²) in [6, 6.07) is 13.4. The van der Waals surface area contributed by atoms with Crippen molar-refractivity contribution in [2.75, 3.05) is 5.06 Å². The molecule has 2 aromatic carbocycles. The van der Waals surface area contributed by atoms with Gasteiger partial charge in [-0.2, -0.15) is 0 Å². The van der Waals surface area contributed by atoms with Crippen LogP contribution < -0.4 is 5.06 Å². The Hall–Kier alpha value is -1.58. The molecule has 0 aliphatic heterocycles. The Bertz CT molecular complexity index is 800.